The number of aryl methyl sites for hydroxylation is 1. The first kappa shape index (κ1) is 16.7. The Morgan fingerprint density at radius 1 is 1.15 bits per heavy atom. The standard InChI is InChI=1S/C20H26N6/c1-13(2)16-9-22-20-15(16)5-7-23-26(20)8-6-14(3)17-10-21-19-11-24-25(4)12-18(17)19/h5,7,9-14,22-23H,6,8H2,1-4H3. The summed E-state index contributed by atoms with van der Waals surface area (Å²) in [5, 5.41) is 6.47. The van der Waals surface area contributed by atoms with Gasteiger partial charge in [0.05, 0.1) is 11.9 Å². The maximum atomic E-state index is 4.51. The molecule has 1 atom stereocenters. The van der Waals surface area contributed by atoms with Crippen molar-refractivity contribution in [3.8, 4) is 11.3 Å². The zero-order valence-corrected chi connectivity index (χ0v) is 15.8. The minimum atomic E-state index is 0.415. The molecule has 4 heterocycles. The summed E-state index contributed by atoms with van der Waals surface area (Å²) >= 11 is 0. The summed E-state index contributed by atoms with van der Waals surface area (Å²) in [6.07, 6.45) is 13.2. The number of nitrogens with zero attached hydrogens (tertiary/aromatic N) is 4. The molecule has 0 fully saturated rings. The van der Waals surface area contributed by atoms with Gasteiger partial charge in [-0.3, -0.25) is 14.7 Å². The van der Waals surface area contributed by atoms with E-state index in [0.29, 0.717) is 11.8 Å². The number of anilines is 1. The lowest BCUT2D eigenvalue weighted by molar-refractivity contribution is 0.617. The zero-order valence-electron chi connectivity index (χ0n) is 15.8. The molecule has 0 aromatic carbocycles. The lowest BCUT2D eigenvalue weighted by Crippen LogP contribution is -2.38. The van der Waals surface area contributed by atoms with E-state index in [2.05, 4.69) is 64.7 Å². The number of rotatable bonds is 5. The van der Waals surface area contributed by atoms with E-state index in [1.807, 2.05) is 30.3 Å². The van der Waals surface area contributed by atoms with Gasteiger partial charge in [-0.2, -0.15) is 5.10 Å². The van der Waals surface area contributed by atoms with E-state index in [-0.39, 0.29) is 0 Å². The van der Waals surface area contributed by atoms with Gasteiger partial charge in [0.25, 0.3) is 0 Å². The third kappa shape index (κ3) is 2.85. The van der Waals surface area contributed by atoms with Crippen molar-refractivity contribution in [3.63, 3.8) is 0 Å². The fourth-order valence-corrected chi connectivity index (χ4v) is 3.67. The third-order valence-electron chi connectivity index (χ3n) is 5.23. The fourth-order valence-electron chi connectivity index (χ4n) is 3.67. The van der Waals surface area contributed by atoms with Crippen LogP contribution >= 0.6 is 0 Å². The maximum Gasteiger partial charge on any atom is 0.132 e. The van der Waals surface area contributed by atoms with Gasteiger partial charge in [-0.1, -0.05) is 20.8 Å². The molecule has 0 aliphatic carbocycles. The molecule has 0 bridgehead atoms. The van der Waals surface area contributed by atoms with Crippen molar-refractivity contribution >= 4 is 11.9 Å². The molecule has 136 valence electrons. The van der Waals surface area contributed by atoms with Crippen LogP contribution in [0.25, 0.3) is 17.3 Å². The van der Waals surface area contributed by atoms with Crippen LogP contribution in [0, 0.1) is 0 Å². The van der Waals surface area contributed by atoms with Crippen molar-refractivity contribution in [2.75, 3.05) is 11.6 Å². The Balaban J connectivity index is 1.49. The molecule has 0 amide bonds. The molecule has 0 saturated heterocycles. The summed E-state index contributed by atoms with van der Waals surface area (Å²) in [6, 6.07) is 0. The Labute approximate surface area is 154 Å². The average Bonchev–Trinajstić information content (AvgIpc) is 3.23. The van der Waals surface area contributed by atoms with Gasteiger partial charge in [0, 0.05) is 49.5 Å². The second-order valence-corrected chi connectivity index (χ2v) is 7.42. The van der Waals surface area contributed by atoms with Gasteiger partial charge < -0.3 is 10.4 Å². The number of H-pyrrole nitrogens is 1. The normalized spacial score (nSPS) is 14.7. The molecule has 3 aliphatic rings. The maximum absolute atomic E-state index is 4.51. The number of hydrogen-bond donors (Lipinski definition) is 2. The van der Waals surface area contributed by atoms with Crippen LogP contribution in [0.5, 0.6) is 0 Å². The molecule has 1 aromatic rings. The second kappa shape index (κ2) is 6.52. The van der Waals surface area contributed by atoms with E-state index in [4.69, 9.17) is 0 Å². The predicted molar refractivity (Wildman–Crippen MR) is 105 cm³/mol. The van der Waals surface area contributed by atoms with Crippen LogP contribution in [-0.2, 0) is 7.05 Å². The monoisotopic (exact) mass is 350 g/mol. The predicted octanol–water partition coefficient (Wildman–Crippen LogP) is 3.86. The Morgan fingerprint density at radius 3 is 2.81 bits per heavy atom. The van der Waals surface area contributed by atoms with Crippen molar-refractivity contribution in [2.45, 2.75) is 39.0 Å². The zero-order chi connectivity index (χ0) is 18.3. The molecule has 26 heavy (non-hydrogen) atoms. The van der Waals surface area contributed by atoms with Crippen molar-refractivity contribution in [1.29, 1.82) is 0 Å². The molecular formula is C20H26N6. The Kier molecular flexibility index (Phi) is 4.18. The molecule has 0 spiro atoms. The number of nitrogens with one attached hydrogen (secondary N) is 2. The molecule has 0 saturated carbocycles. The smallest absolute Gasteiger partial charge is 0.132 e. The van der Waals surface area contributed by atoms with Crippen LogP contribution in [-0.4, -0.2) is 26.3 Å². The van der Waals surface area contributed by atoms with Gasteiger partial charge in [0.15, 0.2) is 0 Å². The van der Waals surface area contributed by atoms with E-state index in [1.165, 1.54) is 22.3 Å². The first-order valence-corrected chi connectivity index (χ1v) is 9.23. The van der Waals surface area contributed by atoms with Gasteiger partial charge in [0.1, 0.15) is 5.82 Å². The Hall–Kier alpha value is -2.76. The third-order valence-corrected chi connectivity index (χ3v) is 5.23. The molecule has 3 aliphatic heterocycles. The van der Waals surface area contributed by atoms with Crippen molar-refractivity contribution in [2.24, 2.45) is 7.05 Å². The highest BCUT2D eigenvalue weighted by Crippen LogP contribution is 2.34. The van der Waals surface area contributed by atoms with Gasteiger partial charge in [0.2, 0.25) is 0 Å². The van der Waals surface area contributed by atoms with E-state index in [1.54, 1.807) is 0 Å². The summed E-state index contributed by atoms with van der Waals surface area (Å²) in [4.78, 5) is 7.95. The van der Waals surface area contributed by atoms with Crippen LogP contribution < -0.4 is 10.4 Å². The molecule has 2 N–H and O–H groups in total. The second-order valence-electron chi connectivity index (χ2n) is 7.42. The topological polar surface area (TPSA) is 61.8 Å². The average molecular weight is 350 g/mol. The lowest BCUT2D eigenvalue weighted by atomic mass is 9.96. The van der Waals surface area contributed by atoms with Gasteiger partial charge in [-0.25, -0.2) is 0 Å². The molecule has 4 rings (SSSR count). The highest BCUT2D eigenvalue weighted by molar-refractivity contribution is 5.71. The molecule has 1 aromatic heterocycles. The van der Waals surface area contributed by atoms with Crippen LogP contribution in [0.3, 0.4) is 0 Å². The van der Waals surface area contributed by atoms with E-state index in [0.717, 1.165) is 24.5 Å². The van der Waals surface area contributed by atoms with E-state index < -0.39 is 0 Å². The number of fused-ring (bicyclic) bond motifs is 2. The fraction of sp³-hybridized carbons (Fsp3) is 0.400. The molecule has 1 unspecified atom stereocenters. The highest BCUT2D eigenvalue weighted by Gasteiger charge is 2.22. The summed E-state index contributed by atoms with van der Waals surface area (Å²) in [5.74, 6) is 2.08. The summed E-state index contributed by atoms with van der Waals surface area (Å²) in [6.45, 7) is 7.65. The summed E-state index contributed by atoms with van der Waals surface area (Å²) in [7, 11) is 1.95. The molecule has 0 radical (unpaired) electrons. The summed E-state index contributed by atoms with van der Waals surface area (Å²) < 4.78 is 1.84. The van der Waals surface area contributed by atoms with E-state index in [9.17, 15) is 0 Å². The minimum Gasteiger partial charge on any atom is -0.346 e. The van der Waals surface area contributed by atoms with Crippen LogP contribution in [0.2, 0.25) is 0 Å². The molecule has 6 nitrogen and oxygen atoms in total. The van der Waals surface area contributed by atoms with E-state index >= 15 is 0 Å². The van der Waals surface area contributed by atoms with Gasteiger partial charge >= 0.3 is 0 Å². The first-order valence-electron chi connectivity index (χ1n) is 9.23. The molecule has 6 heteroatoms. The summed E-state index contributed by atoms with van der Waals surface area (Å²) in [5.41, 5.74) is 9.49. The minimum absolute atomic E-state index is 0.415. The quantitative estimate of drug-likeness (QED) is 0.733. The Bertz CT molecular complexity index is 903. The largest absolute Gasteiger partial charge is 0.346 e. The van der Waals surface area contributed by atoms with Crippen LogP contribution in [0.1, 0.15) is 55.7 Å². The number of hydrazine groups is 1. The Morgan fingerprint density at radius 2 is 2.00 bits per heavy atom. The first-order chi connectivity index (χ1) is 12.5. The van der Waals surface area contributed by atoms with Crippen LogP contribution in [0.15, 0.2) is 31.0 Å². The van der Waals surface area contributed by atoms with Crippen molar-refractivity contribution in [3.05, 3.63) is 47.7 Å². The number of aromatic nitrogens is 4. The lowest BCUT2D eigenvalue weighted by Gasteiger charge is -2.28. The van der Waals surface area contributed by atoms with Crippen molar-refractivity contribution < 1.29 is 0 Å². The number of aromatic amines is 1. The highest BCUT2D eigenvalue weighted by atomic mass is 15.5. The van der Waals surface area contributed by atoms with Gasteiger partial charge in [-0.05, 0) is 35.5 Å². The van der Waals surface area contributed by atoms with Crippen molar-refractivity contribution in [1.82, 2.24) is 25.2 Å². The number of hydrogen-bond acceptors (Lipinski definition) is 4. The molecular weight excluding hydrogens is 324 g/mol. The van der Waals surface area contributed by atoms with Gasteiger partial charge in [-0.15, -0.1) is 0 Å². The SMILES string of the molecule is CC(C)c1c[nH]c2c1C=CNN2CCC(C)c1cnc2cnn(C)cc1-2. The van der Waals surface area contributed by atoms with Crippen LogP contribution in [0.4, 0.5) is 5.82 Å².